The Bertz CT molecular complexity index is 778. The third-order valence-electron chi connectivity index (χ3n) is 2.95. The molecule has 1 heterocycles. The number of aromatic nitrogens is 1. The van der Waals surface area contributed by atoms with Gasteiger partial charge in [-0.2, -0.15) is 0 Å². The number of nitrogens with one attached hydrogen (secondary N) is 1. The van der Waals surface area contributed by atoms with Gasteiger partial charge in [-0.25, -0.2) is 13.2 Å². The third-order valence-corrected chi connectivity index (χ3v) is 4.30. The quantitative estimate of drug-likeness (QED) is 0.875. The lowest BCUT2D eigenvalue weighted by Crippen LogP contribution is -2.12. The molecule has 0 unspecified atom stereocenters. The lowest BCUT2D eigenvalue weighted by Gasteiger charge is -2.06. The number of benzene rings is 1. The first-order chi connectivity index (χ1) is 9.83. The van der Waals surface area contributed by atoms with Crippen LogP contribution < -0.4 is 4.72 Å². The molecule has 0 bridgehead atoms. The van der Waals surface area contributed by atoms with E-state index in [1.807, 2.05) is 13.0 Å². The average Bonchev–Trinajstić information content (AvgIpc) is 2.80. The van der Waals surface area contributed by atoms with E-state index in [-0.39, 0.29) is 10.6 Å². The minimum atomic E-state index is -3.75. The van der Waals surface area contributed by atoms with Crippen molar-refractivity contribution in [1.29, 1.82) is 0 Å². The van der Waals surface area contributed by atoms with Crippen molar-refractivity contribution in [2.45, 2.75) is 11.8 Å². The maximum absolute atomic E-state index is 12.3. The van der Waals surface area contributed by atoms with Gasteiger partial charge in [-0.1, -0.05) is 12.1 Å². The number of anilines is 1. The Morgan fingerprint density at radius 2 is 2.00 bits per heavy atom. The molecule has 0 amide bonds. The molecule has 0 atom stereocenters. The molecule has 0 saturated carbocycles. The largest absolute Gasteiger partial charge is 0.464 e. The van der Waals surface area contributed by atoms with E-state index in [9.17, 15) is 13.2 Å². The maximum Gasteiger partial charge on any atom is 0.354 e. The highest BCUT2D eigenvalue weighted by Crippen LogP contribution is 2.19. The summed E-state index contributed by atoms with van der Waals surface area (Å²) in [5.74, 6) is -0.588. The van der Waals surface area contributed by atoms with E-state index < -0.39 is 16.0 Å². The van der Waals surface area contributed by atoms with Gasteiger partial charge in [-0.05, 0) is 30.7 Å². The Morgan fingerprint density at radius 3 is 2.62 bits per heavy atom. The van der Waals surface area contributed by atoms with Gasteiger partial charge in [-0.3, -0.25) is 4.72 Å². The predicted octanol–water partition coefficient (Wildman–Crippen LogP) is 1.92. The van der Waals surface area contributed by atoms with E-state index in [1.165, 1.54) is 23.9 Å². The number of ether oxygens (including phenoxy) is 1. The highest BCUT2D eigenvalue weighted by atomic mass is 32.2. The van der Waals surface area contributed by atoms with Crippen molar-refractivity contribution < 1.29 is 17.9 Å². The van der Waals surface area contributed by atoms with Gasteiger partial charge in [-0.15, -0.1) is 0 Å². The first kappa shape index (κ1) is 15.1. The van der Waals surface area contributed by atoms with Crippen LogP contribution in [0.1, 0.15) is 16.1 Å². The summed E-state index contributed by atoms with van der Waals surface area (Å²) in [7, 11) is -0.926. The predicted molar refractivity (Wildman–Crippen MR) is 78.7 cm³/mol. The summed E-state index contributed by atoms with van der Waals surface area (Å²) in [6.45, 7) is 1.87. The normalized spacial score (nSPS) is 11.2. The Kier molecular flexibility index (Phi) is 4.04. The van der Waals surface area contributed by atoms with Crippen molar-refractivity contribution in [3.63, 3.8) is 0 Å². The van der Waals surface area contributed by atoms with Crippen LogP contribution >= 0.6 is 0 Å². The van der Waals surface area contributed by atoms with Gasteiger partial charge in [0.1, 0.15) is 10.6 Å². The van der Waals surface area contributed by atoms with E-state index in [0.29, 0.717) is 5.69 Å². The average molecular weight is 308 g/mol. The molecular formula is C14H16N2O4S. The minimum absolute atomic E-state index is 0.00639. The molecule has 0 fully saturated rings. The summed E-state index contributed by atoms with van der Waals surface area (Å²) in [5.41, 5.74) is 1.58. The minimum Gasteiger partial charge on any atom is -0.464 e. The first-order valence-corrected chi connectivity index (χ1v) is 7.66. The van der Waals surface area contributed by atoms with Gasteiger partial charge in [0.05, 0.1) is 7.11 Å². The van der Waals surface area contributed by atoms with Crippen LogP contribution in [-0.2, 0) is 21.8 Å². The molecule has 7 heteroatoms. The molecule has 0 saturated heterocycles. The number of carbonyl (C=O) groups excluding carboxylic acids is 1. The molecule has 0 spiro atoms. The van der Waals surface area contributed by atoms with Gasteiger partial charge in [0.25, 0.3) is 10.0 Å². The van der Waals surface area contributed by atoms with E-state index in [0.717, 1.165) is 5.56 Å². The Balaban J connectivity index is 2.34. The van der Waals surface area contributed by atoms with E-state index in [4.69, 9.17) is 0 Å². The summed E-state index contributed by atoms with van der Waals surface area (Å²) >= 11 is 0. The number of carbonyl (C=O) groups is 1. The monoisotopic (exact) mass is 308 g/mol. The van der Waals surface area contributed by atoms with Gasteiger partial charge in [0, 0.05) is 18.9 Å². The fraction of sp³-hybridized carbons (Fsp3) is 0.214. The molecule has 2 rings (SSSR count). The molecule has 21 heavy (non-hydrogen) atoms. The fourth-order valence-electron chi connectivity index (χ4n) is 1.91. The van der Waals surface area contributed by atoms with Crippen LogP contribution in [-0.4, -0.2) is 26.1 Å². The van der Waals surface area contributed by atoms with Crippen LogP contribution in [0.4, 0.5) is 5.69 Å². The van der Waals surface area contributed by atoms with Gasteiger partial charge in [0.2, 0.25) is 0 Å². The molecule has 1 N–H and O–H groups in total. The van der Waals surface area contributed by atoms with Crippen molar-refractivity contribution in [2.24, 2.45) is 7.05 Å². The second-order valence-electron chi connectivity index (χ2n) is 4.64. The zero-order valence-corrected chi connectivity index (χ0v) is 12.8. The molecule has 112 valence electrons. The molecular weight excluding hydrogens is 292 g/mol. The lowest BCUT2D eigenvalue weighted by atomic mass is 10.2. The van der Waals surface area contributed by atoms with Crippen molar-refractivity contribution in [3.05, 3.63) is 47.8 Å². The van der Waals surface area contributed by atoms with Crippen molar-refractivity contribution >= 4 is 21.7 Å². The third kappa shape index (κ3) is 3.25. The lowest BCUT2D eigenvalue weighted by molar-refractivity contribution is 0.0590. The number of aryl methyl sites for hydroxylation is 2. The van der Waals surface area contributed by atoms with Crippen LogP contribution in [0.15, 0.2) is 41.4 Å². The second kappa shape index (κ2) is 5.61. The van der Waals surface area contributed by atoms with Crippen molar-refractivity contribution in [3.8, 4) is 0 Å². The number of methoxy groups -OCH3 is 1. The molecule has 1 aromatic heterocycles. The van der Waals surface area contributed by atoms with Gasteiger partial charge >= 0.3 is 5.97 Å². The highest BCUT2D eigenvalue weighted by Gasteiger charge is 2.21. The van der Waals surface area contributed by atoms with E-state index >= 15 is 0 Å². The molecule has 0 aliphatic carbocycles. The Morgan fingerprint density at radius 1 is 1.29 bits per heavy atom. The molecule has 0 aliphatic heterocycles. The SMILES string of the molecule is COC(=O)c1cc(S(=O)(=O)Nc2cccc(C)c2)cn1C. The van der Waals surface area contributed by atoms with Gasteiger partial charge in [0.15, 0.2) is 0 Å². The standard InChI is InChI=1S/C14H16N2O4S/c1-10-5-4-6-11(7-10)15-21(18,19)12-8-13(14(17)20-3)16(2)9-12/h4-9,15H,1-3H3. The molecule has 2 aromatic rings. The number of sulfonamides is 1. The Hall–Kier alpha value is -2.28. The summed E-state index contributed by atoms with van der Waals surface area (Å²) in [6.07, 6.45) is 1.37. The number of nitrogens with zero attached hydrogens (tertiary/aromatic N) is 1. The van der Waals surface area contributed by atoms with Crippen molar-refractivity contribution in [2.75, 3.05) is 11.8 Å². The molecule has 0 aliphatic rings. The summed E-state index contributed by atoms with van der Waals surface area (Å²) in [5, 5.41) is 0. The van der Waals surface area contributed by atoms with Crippen LogP contribution in [0, 0.1) is 6.92 Å². The second-order valence-corrected chi connectivity index (χ2v) is 6.32. The van der Waals surface area contributed by atoms with Crippen LogP contribution in [0.5, 0.6) is 0 Å². The van der Waals surface area contributed by atoms with E-state index in [2.05, 4.69) is 9.46 Å². The maximum atomic E-state index is 12.3. The Labute approximate surface area is 123 Å². The topological polar surface area (TPSA) is 77.4 Å². The summed E-state index contributed by atoms with van der Waals surface area (Å²) in [4.78, 5) is 11.5. The summed E-state index contributed by atoms with van der Waals surface area (Å²) in [6, 6.07) is 8.30. The van der Waals surface area contributed by atoms with Crippen LogP contribution in [0.3, 0.4) is 0 Å². The molecule has 0 radical (unpaired) electrons. The smallest absolute Gasteiger partial charge is 0.354 e. The van der Waals surface area contributed by atoms with E-state index in [1.54, 1.807) is 25.2 Å². The van der Waals surface area contributed by atoms with Crippen molar-refractivity contribution in [1.82, 2.24) is 4.57 Å². The zero-order chi connectivity index (χ0) is 15.6. The highest BCUT2D eigenvalue weighted by molar-refractivity contribution is 7.92. The molecule has 1 aromatic carbocycles. The molecule has 6 nitrogen and oxygen atoms in total. The number of hydrogen-bond acceptors (Lipinski definition) is 4. The number of esters is 1. The van der Waals surface area contributed by atoms with Gasteiger partial charge < -0.3 is 9.30 Å². The fourth-order valence-corrected chi connectivity index (χ4v) is 3.03. The van der Waals surface area contributed by atoms with Crippen LogP contribution in [0.2, 0.25) is 0 Å². The number of hydrogen-bond donors (Lipinski definition) is 1. The van der Waals surface area contributed by atoms with Crippen LogP contribution in [0.25, 0.3) is 0 Å². The zero-order valence-electron chi connectivity index (χ0n) is 12.0. The summed E-state index contributed by atoms with van der Waals surface area (Å²) < 4.78 is 33.1. The first-order valence-electron chi connectivity index (χ1n) is 6.17. The number of rotatable bonds is 4.